The summed E-state index contributed by atoms with van der Waals surface area (Å²) in [5, 5.41) is 2.89. The van der Waals surface area contributed by atoms with E-state index in [1.54, 1.807) is 42.5 Å². The average Bonchev–Trinajstić information content (AvgIpc) is 2.91. The standard InChI is InChI=1S/C29H34BrN3O4S/c1-4-18-31-29(35)27(5-2)32(20-23-11-9-10-22(3)19-23)28(34)21-33(25-16-14-24(30)15-17-25)38(36,37)26-12-7-6-8-13-26/h6-17,19,27H,4-5,18,20-21H2,1-3H3,(H,31,35)/t27-/m0/s1. The zero-order valence-corrected chi connectivity index (χ0v) is 24.3. The molecular formula is C29H34BrN3O4S. The summed E-state index contributed by atoms with van der Waals surface area (Å²) in [6.07, 6.45) is 1.15. The summed E-state index contributed by atoms with van der Waals surface area (Å²) in [5.74, 6) is -0.719. The van der Waals surface area contributed by atoms with Gasteiger partial charge in [-0.1, -0.05) is 77.8 Å². The normalized spacial score (nSPS) is 12.0. The number of carbonyl (C=O) groups excluding carboxylic acids is 2. The van der Waals surface area contributed by atoms with Crippen LogP contribution in [0.3, 0.4) is 0 Å². The van der Waals surface area contributed by atoms with E-state index in [1.807, 2.05) is 45.0 Å². The Morgan fingerprint density at radius 1 is 0.947 bits per heavy atom. The minimum atomic E-state index is -4.07. The number of sulfonamides is 1. The maximum Gasteiger partial charge on any atom is 0.264 e. The zero-order chi connectivity index (χ0) is 27.7. The Morgan fingerprint density at radius 2 is 1.63 bits per heavy atom. The smallest absolute Gasteiger partial charge is 0.264 e. The monoisotopic (exact) mass is 599 g/mol. The Labute approximate surface area is 234 Å². The molecule has 0 radical (unpaired) electrons. The van der Waals surface area contributed by atoms with E-state index < -0.39 is 28.5 Å². The highest BCUT2D eigenvalue weighted by molar-refractivity contribution is 9.10. The van der Waals surface area contributed by atoms with Crippen molar-refractivity contribution < 1.29 is 18.0 Å². The van der Waals surface area contributed by atoms with Gasteiger partial charge in [0.15, 0.2) is 0 Å². The minimum absolute atomic E-state index is 0.0775. The number of amides is 2. The maximum atomic E-state index is 14.0. The largest absolute Gasteiger partial charge is 0.354 e. The first kappa shape index (κ1) is 29.4. The lowest BCUT2D eigenvalue weighted by molar-refractivity contribution is -0.140. The average molecular weight is 601 g/mol. The third kappa shape index (κ3) is 7.45. The van der Waals surface area contributed by atoms with Crippen molar-refractivity contribution in [2.45, 2.75) is 51.1 Å². The number of halogens is 1. The fourth-order valence-corrected chi connectivity index (χ4v) is 5.85. The Bertz CT molecular complexity index is 1330. The molecule has 0 fully saturated rings. The lowest BCUT2D eigenvalue weighted by Gasteiger charge is -2.33. The van der Waals surface area contributed by atoms with Crippen LogP contribution in [0, 0.1) is 6.92 Å². The van der Waals surface area contributed by atoms with Crippen LogP contribution >= 0.6 is 15.9 Å². The van der Waals surface area contributed by atoms with Crippen LogP contribution in [0.5, 0.6) is 0 Å². The number of rotatable bonds is 12. The predicted molar refractivity (Wildman–Crippen MR) is 154 cm³/mol. The van der Waals surface area contributed by atoms with E-state index in [1.165, 1.54) is 17.0 Å². The number of benzene rings is 3. The number of carbonyl (C=O) groups is 2. The van der Waals surface area contributed by atoms with Crippen molar-refractivity contribution in [1.82, 2.24) is 10.2 Å². The first-order chi connectivity index (χ1) is 18.2. The van der Waals surface area contributed by atoms with Gasteiger partial charge >= 0.3 is 0 Å². The van der Waals surface area contributed by atoms with Crippen LogP contribution in [0.25, 0.3) is 0 Å². The lowest BCUT2D eigenvalue weighted by Crippen LogP contribution is -2.52. The molecule has 2 amide bonds. The van der Waals surface area contributed by atoms with Gasteiger partial charge in [-0.3, -0.25) is 13.9 Å². The van der Waals surface area contributed by atoms with Crippen molar-refractivity contribution in [2.75, 3.05) is 17.4 Å². The van der Waals surface area contributed by atoms with Gasteiger partial charge in [-0.15, -0.1) is 0 Å². The number of nitrogens with zero attached hydrogens (tertiary/aromatic N) is 2. The van der Waals surface area contributed by atoms with Crippen LogP contribution in [0.15, 0.2) is 88.2 Å². The topological polar surface area (TPSA) is 86.8 Å². The number of aryl methyl sites for hydroxylation is 1. The second-order valence-corrected chi connectivity index (χ2v) is 11.8. The van der Waals surface area contributed by atoms with Gasteiger partial charge in [0.05, 0.1) is 10.6 Å². The molecule has 7 nitrogen and oxygen atoms in total. The summed E-state index contributed by atoms with van der Waals surface area (Å²) < 4.78 is 29.4. The third-order valence-corrected chi connectivity index (χ3v) is 8.41. The molecule has 1 N–H and O–H groups in total. The fourth-order valence-electron chi connectivity index (χ4n) is 4.15. The minimum Gasteiger partial charge on any atom is -0.354 e. The molecule has 0 heterocycles. The van der Waals surface area contributed by atoms with E-state index in [9.17, 15) is 18.0 Å². The maximum absolute atomic E-state index is 14.0. The van der Waals surface area contributed by atoms with E-state index in [0.717, 1.165) is 26.3 Å². The second kappa shape index (κ2) is 13.6. The van der Waals surface area contributed by atoms with Gasteiger partial charge in [0, 0.05) is 17.6 Å². The summed E-state index contributed by atoms with van der Waals surface area (Å²) in [4.78, 5) is 28.6. The van der Waals surface area contributed by atoms with Crippen LogP contribution < -0.4 is 9.62 Å². The molecule has 38 heavy (non-hydrogen) atoms. The van der Waals surface area contributed by atoms with Gasteiger partial charge in [-0.25, -0.2) is 8.42 Å². The molecule has 9 heteroatoms. The SMILES string of the molecule is CCCNC(=O)[C@H](CC)N(Cc1cccc(C)c1)C(=O)CN(c1ccc(Br)cc1)S(=O)(=O)c1ccccc1. The summed E-state index contributed by atoms with van der Waals surface area (Å²) in [6.45, 7) is 5.99. The van der Waals surface area contributed by atoms with E-state index in [0.29, 0.717) is 18.7 Å². The van der Waals surface area contributed by atoms with Gasteiger partial charge in [-0.05, 0) is 61.7 Å². The second-order valence-electron chi connectivity index (χ2n) is 9.03. The van der Waals surface area contributed by atoms with Crippen LogP contribution in [0.1, 0.15) is 37.8 Å². The molecular weight excluding hydrogens is 566 g/mol. The molecule has 0 aliphatic rings. The van der Waals surface area contributed by atoms with Crippen LogP contribution in [0.2, 0.25) is 0 Å². The molecule has 3 aromatic rings. The van der Waals surface area contributed by atoms with Gasteiger partial charge in [0.25, 0.3) is 10.0 Å². The highest BCUT2D eigenvalue weighted by Gasteiger charge is 2.33. The van der Waals surface area contributed by atoms with E-state index in [2.05, 4.69) is 21.2 Å². The molecule has 1 atom stereocenters. The number of hydrogen-bond acceptors (Lipinski definition) is 4. The quantitative estimate of drug-likeness (QED) is 0.306. The van der Waals surface area contributed by atoms with Crippen molar-refractivity contribution >= 4 is 43.5 Å². The van der Waals surface area contributed by atoms with E-state index in [-0.39, 0.29) is 17.3 Å². The molecule has 3 aromatic carbocycles. The Hall–Kier alpha value is -3.17. The van der Waals surface area contributed by atoms with Crippen LogP contribution in [-0.4, -0.2) is 44.3 Å². The molecule has 0 saturated carbocycles. The molecule has 0 spiro atoms. The van der Waals surface area contributed by atoms with Crippen molar-refractivity contribution in [3.8, 4) is 0 Å². The van der Waals surface area contributed by atoms with Gasteiger partial charge in [0.2, 0.25) is 11.8 Å². The Balaban J connectivity index is 2.03. The summed E-state index contributed by atoms with van der Waals surface area (Å²) >= 11 is 3.38. The molecule has 0 unspecified atom stereocenters. The molecule has 0 aromatic heterocycles. The number of anilines is 1. The first-order valence-electron chi connectivity index (χ1n) is 12.6. The third-order valence-electron chi connectivity index (χ3n) is 6.10. The van der Waals surface area contributed by atoms with Crippen molar-refractivity contribution in [1.29, 1.82) is 0 Å². The van der Waals surface area contributed by atoms with E-state index in [4.69, 9.17) is 0 Å². The molecule has 0 bridgehead atoms. The van der Waals surface area contributed by atoms with Crippen molar-refractivity contribution in [2.24, 2.45) is 0 Å². The van der Waals surface area contributed by atoms with Gasteiger partial charge in [-0.2, -0.15) is 0 Å². The van der Waals surface area contributed by atoms with Crippen molar-refractivity contribution in [3.05, 3.63) is 94.5 Å². The van der Waals surface area contributed by atoms with Crippen LogP contribution in [-0.2, 0) is 26.2 Å². The number of hydrogen-bond donors (Lipinski definition) is 1. The molecule has 0 aliphatic heterocycles. The highest BCUT2D eigenvalue weighted by Crippen LogP contribution is 2.26. The molecule has 0 aliphatic carbocycles. The fraction of sp³-hybridized carbons (Fsp3) is 0.310. The highest BCUT2D eigenvalue weighted by atomic mass is 79.9. The van der Waals surface area contributed by atoms with Crippen LogP contribution in [0.4, 0.5) is 5.69 Å². The molecule has 0 saturated heterocycles. The summed E-state index contributed by atoms with van der Waals surface area (Å²) in [7, 11) is -4.07. The molecule has 202 valence electrons. The zero-order valence-electron chi connectivity index (χ0n) is 21.9. The van der Waals surface area contributed by atoms with Gasteiger partial charge < -0.3 is 10.2 Å². The lowest BCUT2D eigenvalue weighted by atomic mass is 10.1. The van der Waals surface area contributed by atoms with Gasteiger partial charge in [0.1, 0.15) is 12.6 Å². The number of nitrogens with one attached hydrogen (secondary N) is 1. The Kier molecular flexibility index (Phi) is 10.5. The molecule has 3 rings (SSSR count). The first-order valence-corrected chi connectivity index (χ1v) is 14.9. The summed E-state index contributed by atoms with van der Waals surface area (Å²) in [6, 6.07) is 21.8. The summed E-state index contributed by atoms with van der Waals surface area (Å²) in [5.41, 5.74) is 2.24. The Morgan fingerprint density at radius 3 is 2.24 bits per heavy atom. The van der Waals surface area contributed by atoms with Crippen molar-refractivity contribution in [3.63, 3.8) is 0 Å². The van der Waals surface area contributed by atoms with E-state index >= 15 is 0 Å². The predicted octanol–water partition coefficient (Wildman–Crippen LogP) is 5.29.